The van der Waals surface area contributed by atoms with Gasteiger partial charge in [0.05, 0.1) is 11.3 Å². The molecular weight excluding hydrogens is 240 g/mol. The van der Waals surface area contributed by atoms with E-state index in [0.29, 0.717) is 17.0 Å². The number of hydrogen-bond donors (Lipinski definition) is 2. The third kappa shape index (κ3) is 2.37. The summed E-state index contributed by atoms with van der Waals surface area (Å²) in [5.41, 5.74) is 1.57. The second-order valence-electron chi connectivity index (χ2n) is 3.92. The second kappa shape index (κ2) is 4.56. The minimum absolute atomic E-state index is 0.0671. The lowest BCUT2D eigenvalue weighted by molar-refractivity contribution is 0.102. The molecule has 0 bridgehead atoms. The maximum Gasteiger partial charge on any atom is 0.259 e. The first-order chi connectivity index (χ1) is 8.47. The van der Waals surface area contributed by atoms with Crippen LogP contribution in [0.1, 0.15) is 21.7 Å². The van der Waals surface area contributed by atoms with Crippen molar-refractivity contribution in [2.75, 3.05) is 5.32 Å². The fraction of sp³-hybridized carbons (Fsp3) is 0.167. The summed E-state index contributed by atoms with van der Waals surface area (Å²) in [4.78, 5) is 11.9. The SMILES string of the molecule is Cc1n[nH]c(C)c1C(=O)Nc1cc(F)cc(F)c1. The topological polar surface area (TPSA) is 57.8 Å². The predicted molar refractivity (Wildman–Crippen MR) is 62.4 cm³/mol. The molecule has 0 atom stereocenters. The molecule has 18 heavy (non-hydrogen) atoms. The van der Waals surface area contributed by atoms with Crippen molar-refractivity contribution in [2.24, 2.45) is 0 Å². The molecule has 2 aromatic rings. The second-order valence-corrected chi connectivity index (χ2v) is 3.92. The van der Waals surface area contributed by atoms with Crippen molar-refractivity contribution in [3.05, 3.63) is 46.8 Å². The Morgan fingerprint density at radius 2 is 1.83 bits per heavy atom. The van der Waals surface area contributed by atoms with E-state index in [0.717, 1.165) is 18.2 Å². The molecule has 0 aliphatic carbocycles. The van der Waals surface area contributed by atoms with Crippen LogP contribution in [0, 0.1) is 25.5 Å². The van der Waals surface area contributed by atoms with Crippen LogP contribution in [0.15, 0.2) is 18.2 Å². The Bertz CT molecular complexity index is 568. The summed E-state index contributed by atoms with van der Waals surface area (Å²) in [6.45, 7) is 3.37. The van der Waals surface area contributed by atoms with E-state index in [1.165, 1.54) is 0 Å². The van der Waals surface area contributed by atoms with Crippen LogP contribution in [-0.2, 0) is 0 Å². The van der Waals surface area contributed by atoms with E-state index in [-0.39, 0.29) is 5.69 Å². The van der Waals surface area contributed by atoms with Gasteiger partial charge in [-0.2, -0.15) is 5.10 Å². The van der Waals surface area contributed by atoms with Gasteiger partial charge in [-0.05, 0) is 26.0 Å². The van der Waals surface area contributed by atoms with Gasteiger partial charge in [-0.25, -0.2) is 8.78 Å². The average Bonchev–Trinajstić information content (AvgIpc) is 2.56. The number of carbonyl (C=O) groups excluding carboxylic acids is 1. The number of H-pyrrole nitrogens is 1. The summed E-state index contributed by atoms with van der Waals surface area (Å²) in [6.07, 6.45) is 0. The molecular formula is C12H11F2N3O. The molecule has 1 heterocycles. The minimum atomic E-state index is -0.745. The molecule has 0 saturated carbocycles. The first kappa shape index (κ1) is 12.2. The highest BCUT2D eigenvalue weighted by Crippen LogP contribution is 2.16. The minimum Gasteiger partial charge on any atom is -0.322 e. The summed E-state index contributed by atoms with van der Waals surface area (Å²) in [5.74, 6) is -1.94. The van der Waals surface area contributed by atoms with Crippen LogP contribution in [0.25, 0.3) is 0 Å². The van der Waals surface area contributed by atoms with Gasteiger partial charge >= 0.3 is 0 Å². The zero-order valence-corrected chi connectivity index (χ0v) is 9.84. The number of carbonyl (C=O) groups is 1. The molecule has 0 saturated heterocycles. The largest absolute Gasteiger partial charge is 0.322 e. The van der Waals surface area contributed by atoms with Gasteiger partial charge in [0.25, 0.3) is 5.91 Å². The van der Waals surface area contributed by atoms with Gasteiger partial charge in [0.2, 0.25) is 0 Å². The Labute approximate surface area is 102 Å². The standard InChI is InChI=1S/C12H11F2N3O/c1-6-11(7(2)17-16-6)12(18)15-10-4-8(13)3-9(14)5-10/h3-5H,1-2H3,(H,15,18)(H,16,17). The number of nitrogens with zero attached hydrogens (tertiary/aromatic N) is 1. The number of benzene rings is 1. The van der Waals surface area contributed by atoms with E-state index in [1.54, 1.807) is 13.8 Å². The molecule has 0 radical (unpaired) electrons. The van der Waals surface area contributed by atoms with E-state index >= 15 is 0 Å². The van der Waals surface area contributed by atoms with Crippen LogP contribution < -0.4 is 5.32 Å². The number of amides is 1. The lowest BCUT2D eigenvalue weighted by Crippen LogP contribution is -2.14. The Morgan fingerprint density at radius 3 is 2.33 bits per heavy atom. The average molecular weight is 251 g/mol. The normalized spacial score (nSPS) is 10.4. The van der Waals surface area contributed by atoms with Crippen LogP contribution in [0.3, 0.4) is 0 Å². The fourth-order valence-corrected chi connectivity index (χ4v) is 1.71. The van der Waals surface area contributed by atoms with Crippen molar-refractivity contribution in [1.29, 1.82) is 0 Å². The highest BCUT2D eigenvalue weighted by molar-refractivity contribution is 6.05. The molecule has 6 heteroatoms. The lowest BCUT2D eigenvalue weighted by Gasteiger charge is -2.05. The van der Waals surface area contributed by atoms with E-state index < -0.39 is 17.5 Å². The number of halogens is 2. The molecule has 94 valence electrons. The van der Waals surface area contributed by atoms with Gasteiger partial charge in [-0.1, -0.05) is 0 Å². The first-order valence-electron chi connectivity index (χ1n) is 5.26. The lowest BCUT2D eigenvalue weighted by atomic mass is 10.2. The molecule has 1 amide bonds. The molecule has 2 N–H and O–H groups in total. The highest BCUT2D eigenvalue weighted by atomic mass is 19.1. The van der Waals surface area contributed by atoms with Crippen molar-refractivity contribution < 1.29 is 13.6 Å². The molecule has 1 aromatic heterocycles. The van der Waals surface area contributed by atoms with E-state index in [2.05, 4.69) is 15.5 Å². The van der Waals surface area contributed by atoms with Gasteiger partial charge in [0, 0.05) is 17.4 Å². The maximum atomic E-state index is 13.0. The summed E-state index contributed by atoms with van der Waals surface area (Å²) in [5, 5.41) is 8.98. The number of nitrogens with one attached hydrogen (secondary N) is 2. The van der Waals surface area contributed by atoms with Gasteiger partial charge in [-0.3, -0.25) is 9.89 Å². The summed E-state index contributed by atoms with van der Waals surface area (Å²) < 4.78 is 25.9. The number of anilines is 1. The van der Waals surface area contributed by atoms with Gasteiger partial charge in [-0.15, -0.1) is 0 Å². The monoisotopic (exact) mass is 251 g/mol. The molecule has 0 unspecified atom stereocenters. The number of hydrogen-bond acceptors (Lipinski definition) is 2. The zero-order chi connectivity index (χ0) is 13.3. The number of aryl methyl sites for hydroxylation is 2. The Kier molecular flexibility index (Phi) is 3.10. The number of aromatic nitrogens is 2. The fourth-order valence-electron chi connectivity index (χ4n) is 1.71. The Morgan fingerprint density at radius 1 is 1.22 bits per heavy atom. The molecule has 0 aliphatic heterocycles. The van der Waals surface area contributed by atoms with Crippen molar-refractivity contribution in [2.45, 2.75) is 13.8 Å². The van der Waals surface area contributed by atoms with Crippen LogP contribution >= 0.6 is 0 Å². The van der Waals surface area contributed by atoms with Gasteiger partial charge in [0.1, 0.15) is 11.6 Å². The van der Waals surface area contributed by atoms with Crippen molar-refractivity contribution in [1.82, 2.24) is 10.2 Å². The van der Waals surface area contributed by atoms with E-state index in [4.69, 9.17) is 0 Å². The maximum absolute atomic E-state index is 13.0. The highest BCUT2D eigenvalue weighted by Gasteiger charge is 2.15. The third-order valence-corrected chi connectivity index (χ3v) is 2.48. The Hall–Kier alpha value is -2.24. The van der Waals surface area contributed by atoms with Crippen molar-refractivity contribution >= 4 is 11.6 Å². The molecule has 4 nitrogen and oxygen atoms in total. The third-order valence-electron chi connectivity index (χ3n) is 2.48. The van der Waals surface area contributed by atoms with E-state index in [1.807, 2.05) is 0 Å². The quantitative estimate of drug-likeness (QED) is 0.861. The van der Waals surface area contributed by atoms with Gasteiger partial charge < -0.3 is 5.32 Å². The van der Waals surface area contributed by atoms with Crippen LogP contribution in [0.5, 0.6) is 0 Å². The number of rotatable bonds is 2. The van der Waals surface area contributed by atoms with E-state index in [9.17, 15) is 13.6 Å². The number of aromatic amines is 1. The van der Waals surface area contributed by atoms with Crippen LogP contribution in [0.4, 0.5) is 14.5 Å². The van der Waals surface area contributed by atoms with Crippen LogP contribution in [-0.4, -0.2) is 16.1 Å². The zero-order valence-electron chi connectivity index (χ0n) is 9.84. The molecule has 0 aliphatic rings. The molecule has 2 rings (SSSR count). The summed E-state index contributed by atoms with van der Waals surface area (Å²) >= 11 is 0. The molecule has 0 spiro atoms. The van der Waals surface area contributed by atoms with Crippen molar-refractivity contribution in [3.63, 3.8) is 0 Å². The smallest absolute Gasteiger partial charge is 0.259 e. The molecule has 0 fully saturated rings. The summed E-state index contributed by atoms with van der Waals surface area (Å²) in [7, 11) is 0. The first-order valence-corrected chi connectivity index (χ1v) is 5.26. The van der Waals surface area contributed by atoms with Gasteiger partial charge in [0.15, 0.2) is 0 Å². The van der Waals surface area contributed by atoms with Crippen LogP contribution in [0.2, 0.25) is 0 Å². The Balaban J connectivity index is 2.27. The predicted octanol–water partition coefficient (Wildman–Crippen LogP) is 2.56. The van der Waals surface area contributed by atoms with Crippen molar-refractivity contribution in [3.8, 4) is 0 Å². The molecule has 1 aromatic carbocycles. The summed E-state index contributed by atoms with van der Waals surface area (Å²) in [6, 6.07) is 2.83.